The Kier molecular flexibility index (Phi) is 4.61. The van der Waals surface area contributed by atoms with E-state index in [-0.39, 0.29) is 29.8 Å². The SMILES string of the molecule is CSc1ccc([N+](=O)[O-])c(C(=O)N2CCC[C@@H]2CO)c1. The molecule has 0 bridgehead atoms. The lowest BCUT2D eigenvalue weighted by Crippen LogP contribution is -2.37. The number of nitro benzene ring substituents is 1. The van der Waals surface area contributed by atoms with E-state index in [2.05, 4.69) is 0 Å². The first-order chi connectivity index (χ1) is 9.58. The number of nitrogens with zero attached hydrogens (tertiary/aromatic N) is 2. The number of carbonyl (C=O) groups is 1. The molecule has 1 fully saturated rings. The molecule has 0 aromatic heterocycles. The first kappa shape index (κ1) is 14.8. The number of hydrogen-bond acceptors (Lipinski definition) is 5. The van der Waals surface area contributed by atoms with Crippen molar-refractivity contribution in [2.75, 3.05) is 19.4 Å². The summed E-state index contributed by atoms with van der Waals surface area (Å²) in [6.07, 6.45) is 3.40. The third kappa shape index (κ3) is 2.78. The molecule has 1 amide bonds. The maximum Gasteiger partial charge on any atom is 0.282 e. The monoisotopic (exact) mass is 296 g/mol. The predicted octanol–water partition coefficient (Wildman–Crippen LogP) is 1.91. The van der Waals surface area contributed by atoms with Crippen LogP contribution in [0.2, 0.25) is 0 Å². The molecule has 1 N–H and O–H groups in total. The first-order valence-electron chi connectivity index (χ1n) is 6.32. The lowest BCUT2D eigenvalue weighted by Gasteiger charge is -2.23. The van der Waals surface area contributed by atoms with Crippen LogP contribution in [-0.2, 0) is 0 Å². The van der Waals surface area contributed by atoms with Crippen LogP contribution in [0.15, 0.2) is 23.1 Å². The Morgan fingerprint density at radius 3 is 2.95 bits per heavy atom. The van der Waals surface area contributed by atoms with E-state index in [1.54, 1.807) is 12.1 Å². The predicted molar refractivity (Wildman–Crippen MR) is 76.0 cm³/mol. The van der Waals surface area contributed by atoms with Crippen LogP contribution >= 0.6 is 11.8 Å². The molecule has 0 spiro atoms. The molecule has 0 saturated carbocycles. The van der Waals surface area contributed by atoms with E-state index in [0.717, 1.165) is 17.7 Å². The number of amides is 1. The fraction of sp³-hybridized carbons (Fsp3) is 0.462. The molecule has 1 aliphatic rings. The zero-order valence-electron chi connectivity index (χ0n) is 11.1. The van der Waals surface area contributed by atoms with Gasteiger partial charge < -0.3 is 10.0 Å². The second kappa shape index (κ2) is 6.23. The molecule has 1 aliphatic heterocycles. The number of benzene rings is 1. The number of nitro groups is 1. The van der Waals surface area contributed by atoms with Gasteiger partial charge in [-0.3, -0.25) is 14.9 Å². The van der Waals surface area contributed by atoms with Gasteiger partial charge in [0, 0.05) is 17.5 Å². The van der Waals surface area contributed by atoms with Gasteiger partial charge in [-0.05, 0) is 31.2 Å². The second-order valence-electron chi connectivity index (χ2n) is 4.62. The van der Waals surface area contributed by atoms with Crippen molar-refractivity contribution in [3.05, 3.63) is 33.9 Å². The van der Waals surface area contributed by atoms with Gasteiger partial charge >= 0.3 is 0 Å². The van der Waals surface area contributed by atoms with Crippen LogP contribution in [0.25, 0.3) is 0 Å². The molecule has 2 rings (SSSR count). The van der Waals surface area contributed by atoms with Gasteiger partial charge in [-0.15, -0.1) is 11.8 Å². The van der Waals surface area contributed by atoms with Crippen LogP contribution in [0.1, 0.15) is 23.2 Å². The molecule has 108 valence electrons. The number of thioether (sulfide) groups is 1. The lowest BCUT2D eigenvalue weighted by atomic mass is 10.1. The van der Waals surface area contributed by atoms with E-state index >= 15 is 0 Å². The van der Waals surface area contributed by atoms with E-state index < -0.39 is 4.92 Å². The normalized spacial score (nSPS) is 18.3. The number of hydrogen-bond donors (Lipinski definition) is 1. The largest absolute Gasteiger partial charge is 0.394 e. The summed E-state index contributed by atoms with van der Waals surface area (Å²) in [6.45, 7) is 0.423. The Bertz CT molecular complexity index is 535. The van der Waals surface area contributed by atoms with Crippen LogP contribution < -0.4 is 0 Å². The minimum Gasteiger partial charge on any atom is -0.394 e. The molecule has 0 aliphatic carbocycles. The van der Waals surface area contributed by atoms with Crippen molar-refractivity contribution in [3.63, 3.8) is 0 Å². The van der Waals surface area contributed by atoms with Gasteiger partial charge in [0.15, 0.2) is 0 Å². The third-order valence-corrected chi connectivity index (χ3v) is 4.20. The van der Waals surface area contributed by atoms with Crippen molar-refractivity contribution >= 4 is 23.4 Å². The van der Waals surface area contributed by atoms with Gasteiger partial charge in [0.2, 0.25) is 0 Å². The first-order valence-corrected chi connectivity index (χ1v) is 7.55. The van der Waals surface area contributed by atoms with E-state index in [1.807, 2.05) is 6.26 Å². The Labute approximate surface area is 120 Å². The fourth-order valence-corrected chi connectivity index (χ4v) is 2.86. The highest BCUT2D eigenvalue weighted by Crippen LogP contribution is 2.28. The highest BCUT2D eigenvalue weighted by molar-refractivity contribution is 7.98. The van der Waals surface area contributed by atoms with E-state index in [1.165, 1.54) is 22.7 Å². The minimum atomic E-state index is -0.540. The summed E-state index contributed by atoms with van der Waals surface area (Å²) in [5.41, 5.74) is -0.0846. The average molecular weight is 296 g/mol. The van der Waals surface area contributed by atoms with Gasteiger partial charge in [0.25, 0.3) is 11.6 Å². The Balaban J connectivity index is 2.39. The average Bonchev–Trinajstić information content (AvgIpc) is 2.94. The standard InChI is InChI=1S/C13H16N2O4S/c1-20-10-4-5-12(15(18)19)11(7-10)13(17)14-6-2-3-9(14)8-16/h4-5,7,9,16H,2-3,6,8H2,1H3/t9-/m1/s1. The summed E-state index contributed by atoms with van der Waals surface area (Å²) >= 11 is 1.43. The highest BCUT2D eigenvalue weighted by atomic mass is 32.2. The molecule has 1 aromatic carbocycles. The summed E-state index contributed by atoms with van der Waals surface area (Å²) in [6, 6.07) is 4.31. The Hall–Kier alpha value is -1.60. The van der Waals surface area contributed by atoms with E-state index in [0.29, 0.717) is 6.54 Å². The highest BCUT2D eigenvalue weighted by Gasteiger charge is 2.32. The molecule has 1 saturated heterocycles. The van der Waals surface area contributed by atoms with Crippen LogP contribution in [0.4, 0.5) is 5.69 Å². The summed E-state index contributed by atoms with van der Waals surface area (Å²) in [5.74, 6) is -0.371. The van der Waals surface area contributed by atoms with Crippen molar-refractivity contribution in [1.29, 1.82) is 0 Å². The Morgan fingerprint density at radius 1 is 1.60 bits per heavy atom. The molecule has 6 nitrogen and oxygen atoms in total. The second-order valence-corrected chi connectivity index (χ2v) is 5.50. The summed E-state index contributed by atoms with van der Waals surface area (Å²) in [7, 11) is 0. The van der Waals surface area contributed by atoms with E-state index in [4.69, 9.17) is 0 Å². The quantitative estimate of drug-likeness (QED) is 0.521. The van der Waals surface area contributed by atoms with Gasteiger partial charge in [0.05, 0.1) is 17.6 Å². The molecule has 0 unspecified atom stereocenters. The van der Waals surface area contributed by atoms with Crippen LogP contribution in [-0.4, -0.2) is 46.3 Å². The van der Waals surface area contributed by atoms with Crippen molar-refractivity contribution in [3.8, 4) is 0 Å². The van der Waals surface area contributed by atoms with Crippen molar-refractivity contribution in [1.82, 2.24) is 4.90 Å². The number of carbonyl (C=O) groups excluding carboxylic acids is 1. The van der Waals surface area contributed by atoms with Crippen molar-refractivity contribution in [2.24, 2.45) is 0 Å². The topological polar surface area (TPSA) is 83.7 Å². The molecule has 7 heteroatoms. The van der Waals surface area contributed by atoms with Gasteiger partial charge in [0.1, 0.15) is 5.56 Å². The fourth-order valence-electron chi connectivity index (χ4n) is 2.42. The van der Waals surface area contributed by atoms with Gasteiger partial charge in [-0.1, -0.05) is 0 Å². The smallest absolute Gasteiger partial charge is 0.282 e. The zero-order valence-corrected chi connectivity index (χ0v) is 11.9. The minimum absolute atomic E-state index is 0.0993. The molecular formula is C13H16N2O4S. The molecule has 0 radical (unpaired) electrons. The zero-order chi connectivity index (χ0) is 14.7. The van der Waals surface area contributed by atoms with Crippen LogP contribution in [0, 0.1) is 10.1 Å². The molecule has 1 aromatic rings. The molecular weight excluding hydrogens is 280 g/mol. The Morgan fingerprint density at radius 2 is 2.35 bits per heavy atom. The molecule has 20 heavy (non-hydrogen) atoms. The molecule has 1 heterocycles. The summed E-state index contributed by atoms with van der Waals surface area (Å²) in [4.78, 5) is 25.4. The number of likely N-dealkylation sites (tertiary alicyclic amines) is 1. The third-order valence-electron chi connectivity index (χ3n) is 3.48. The molecule has 1 atom stereocenters. The summed E-state index contributed by atoms with van der Waals surface area (Å²) < 4.78 is 0. The van der Waals surface area contributed by atoms with Crippen LogP contribution in [0.3, 0.4) is 0 Å². The van der Waals surface area contributed by atoms with Crippen LogP contribution in [0.5, 0.6) is 0 Å². The maximum absolute atomic E-state index is 12.5. The maximum atomic E-state index is 12.5. The van der Waals surface area contributed by atoms with Crippen molar-refractivity contribution < 1.29 is 14.8 Å². The van der Waals surface area contributed by atoms with Gasteiger partial charge in [-0.25, -0.2) is 0 Å². The number of rotatable bonds is 4. The number of aliphatic hydroxyl groups excluding tert-OH is 1. The number of aliphatic hydroxyl groups is 1. The van der Waals surface area contributed by atoms with Crippen molar-refractivity contribution in [2.45, 2.75) is 23.8 Å². The van der Waals surface area contributed by atoms with Gasteiger partial charge in [-0.2, -0.15) is 0 Å². The lowest BCUT2D eigenvalue weighted by molar-refractivity contribution is -0.385. The van der Waals surface area contributed by atoms with E-state index in [9.17, 15) is 20.0 Å². The summed E-state index contributed by atoms with van der Waals surface area (Å²) in [5, 5.41) is 20.4.